The van der Waals surface area contributed by atoms with Gasteiger partial charge in [0.1, 0.15) is 0 Å². The minimum Gasteiger partial charge on any atom is -0.481 e. The number of aliphatic carboxylic acids is 2. The minimum absolute atomic E-state index is 0.00761. The summed E-state index contributed by atoms with van der Waals surface area (Å²) in [5.41, 5.74) is -2.59. The molecule has 0 heterocycles. The van der Waals surface area contributed by atoms with Crippen molar-refractivity contribution >= 4 is 23.9 Å². The summed E-state index contributed by atoms with van der Waals surface area (Å²) in [5.74, 6) is -2.89. The lowest BCUT2D eigenvalue weighted by atomic mass is 10.1. The van der Waals surface area contributed by atoms with Crippen molar-refractivity contribution in [3.8, 4) is 0 Å². The number of nitrogens with zero attached hydrogens (tertiary/aromatic N) is 2. The normalized spacial score (nSPS) is 10.9. The number of carbonyl (C=O) groups excluding carboxylic acids is 2. The second-order valence-corrected chi connectivity index (χ2v) is 8.66. The van der Waals surface area contributed by atoms with E-state index >= 15 is 0 Å². The zero-order valence-corrected chi connectivity index (χ0v) is 19.9. The molecule has 0 saturated carbocycles. The minimum atomic E-state index is -1.29. The molecule has 0 rings (SSSR count). The van der Waals surface area contributed by atoms with Gasteiger partial charge in [0.2, 0.25) is 11.1 Å². The van der Waals surface area contributed by atoms with Gasteiger partial charge in [-0.15, -0.1) is 0 Å². The average Bonchev–Trinajstić information content (AvgIpc) is 2.71. The molecule has 0 atom stereocenters. The third-order valence-electron chi connectivity index (χ3n) is 4.20. The Morgan fingerprint density at radius 1 is 0.647 bits per heavy atom. The first-order valence-corrected chi connectivity index (χ1v) is 10.5. The van der Waals surface area contributed by atoms with Crippen LogP contribution in [-0.4, -0.2) is 68.2 Å². The zero-order chi connectivity index (χ0) is 26.9. The third-order valence-corrected chi connectivity index (χ3v) is 4.20. The van der Waals surface area contributed by atoms with Crippen molar-refractivity contribution in [2.24, 2.45) is 0 Å². The van der Waals surface area contributed by atoms with E-state index in [1.54, 1.807) is 0 Å². The Balaban J connectivity index is 0. The van der Waals surface area contributed by atoms with Gasteiger partial charge < -0.3 is 19.7 Å². The van der Waals surface area contributed by atoms with Crippen molar-refractivity contribution in [3.05, 3.63) is 20.2 Å². The summed E-state index contributed by atoms with van der Waals surface area (Å²) < 4.78 is 9.49. The van der Waals surface area contributed by atoms with Gasteiger partial charge >= 0.3 is 23.9 Å². The number of rotatable bonds is 16. The van der Waals surface area contributed by atoms with E-state index in [1.165, 1.54) is 27.7 Å². The van der Waals surface area contributed by atoms with Gasteiger partial charge in [0.05, 0.1) is 0 Å². The van der Waals surface area contributed by atoms with Crippen molar-refractivity contribution < 1.29 is 48.7 Å². The molecule has 0 aromatic heterocycles. The molecule has 0 bridgehead atoms. The number of hydrogen-bond donors (Lipinski definition) is 2. The van der Waals surface area contributed by atoms with E-state index in [4.69, 9.17) is 19.7 Å². The number of carboxylic acid groups (broad SMARTS) is 2. The van der Waals surface area contributed by atoms with Crippen molar-refractivity contribution in [3.63, 3.8) is 0 Å². The quantitative estimate of drug-likeness (QED) is 0.137. The number of nitro groups is 2. The van der Waals surface area contributed by atoms with Gasteiger partial charge in [0.15, 0.2) is 13.2 Å². The molecule has 0 aliphatic carbocycles. The highest BCUT2D eigenvalue weighted by Gasteiger charge is 2.33. The van der Waals surface area contributed by atoms with E-state index in [0.717, 1.165) is 0 Å². The van der Waals surface area contributed by atoms with Gasteiger partial charge in [0, 0.05) is 63.2 Å². The summed E-state index contributed by atoms with van der Waals surface area (Å²) in [4.78, 5) is 62.7. The van der Waals surface area contributed by atoms with Gasteiger partial charge in [-0.1, -0.05) is 0 Å². The van der Waals surface area contributed by atoms with E-state index in [-0.39, 0.29) is 38.9 Å². The molecule has 0 saturated heterocycles. The first-order chi connectivity index (χ1) is 15.5. The van der Waals surface area contributed by atoms with Gasteiger partial charge in [-0.25, -0.2) is 0 Å². The molecule has 0 aromatic carbocycles. The van der Waals surface area contributed by atoms with E-state index in [2.05, 4.69) is 0 Å². The number of unbranched alkanes of at least 4 members (excludes halogenated alkanes) is 2. The molecule has 34 heavy (non-hydrogen) atoms. The number of ether oxygens (including phenoxy) is 2. The highest BCUT2D eigenvalue weighted by atomic mass is 16.6. The predicted octanol–water partition coefficient (Wildman–Crippen LogP) is 2.46. The molecular weight excluding hydrogens is 460 g/mol. The van der Waals surface area contributed by atoms with E-state index in [0.29, 0.717) is 25.7 Å². The van der Waals surface area contributed by atoms with Crippen LogP contribution in [0.5, 0.6) is 0 Å². The summed E-state index contributed by atoms with van der Waals surface area (Å²) >= 11 is 0. The number of carboxylic acids is 2. The number of carbonyl (C=O) groups is 4. The molecule has 2 N–H and O–H groups in total. The van der Waals surface area contributed by atoms with Crippen LogP contribution >= 0.6 is 0 Å². The van der Waals surface area contributed by atoms with Crippen LogP contribution in [0.25, 0.3) is 0 Å². The predicted molar refractivity (Wildman–Crippen MR) is 116 cm³/mol. The van der Waals surface area contributed by atoms with Crippen LogP contribution in [0, 0.1) is 20.2 Å². The van der Waals surface area contributed by atoms with Crippen LogP contribution in [0.1, 0.15) is 79.1 Å². The van der Waals surface area contributed by atoms with Crippen LogP contribution in [0.15, 0.2) is 0 Å². The molecule has 0 amide bonds. The summed E-state index contributed by atoms with van der Waals surface area (Å²) in [6, 6.07) is 0. The Kier molecular flexibility index (Phi) is 15.8. The lowest BCUT2D eigenvalue weighted by molar-refractivity contribution is -0.563. The highest BCUT2D eigenvalue weighted by molar-refractivity contribution is 5.70. The maximum Gasteiger partial charge on any atom is 0.306 e. The summed E-state index contributed by atoms with van der Waals surface area (Å²) in [6.45, 7) is 4.90. The molecule has 196 valence electrons. The van der Waals surface area contributed by atoms with E-state index in [1.807, 2.05) is 0 Å². The molecule has 0 spiro atoms. The largest absolute Gasteiger partial charge is 0.481 e. The fourth-order valence-corrected chi connectivity index (χ4v) is 1.86. The molecule has 14 nitrogen and oxygen atoms in total. The summed E-state index contributed by atoms with van der Waals surface area (Å²) in [6.07, 6.45) is 1.78. The molecule has 0 aromatic rings. The first-order valence-electron chi connectivity index (χ1n) is 10.5. The Labute approximate surface area is 196 Å². The first kappa shape index (κ1) is 32.9. The van der Waals surface area contributed by atoms with Crippen LogP contribution < -0.4 is 0 Å². The SMILES string of the molecule is CC(C)(COC(=O)CCCCC(=O)O)[N+](=O)[O-].CC(C)(COC(=O)CCCCC(=O)O)[N+](=O)[O-]. The highest BCUT2D eigenvalue weighted by Crippen LogP contribution is 2.10. The maximum absolute atomic E-state index is 11.2. The smallest absolute Gasteiger partial charge is 0.306 e. The monoisotopic (exact) mass is 494 g/mol. The van der Waals surface area contributed by atoms with Crippen molar-refractivity contribution in [2.75, 3.05) is 13.2 Å². The van der Waals surface area contributed by atoms with Gasteiger partial charge in [-0.3, -0.25) is 39.4 Å². The second-order valence-electron chi connectivity index (χ2n) is 8.66. The van der Waals surface area contributed by atoms with Crippen LogP contribution in [0.3, 0.4) is 0 Å². The van der Waals surface area contributed by atoms with Crippen molar-refractivity contribution in [2.45, 2.75) is 90.1 Å². The van der Waals surface area contributed by atoms with Crippen molar-refractivity contribution in [1.29, 1.82) is 0 Å². The standard InChI is InChI=1S/2C10H17NO6/c2*1-10(2,11(15)16)7-17-9(14)6-4-3-5-8(12)13/h2*3-7H2,1-2H3,(H,12,13). The summed E-state index contributed by atoms with van der Waals surface area (Å²) in [7, 11) is 0. The molecule has 0 unspecified atom stereocenters. The molecular formula is C20H34N2O12. The number of hydrogen-bond acceptors (Lipinski definition) is 10. The Hall–Kier alpha value is -3.32. The van der Waals surface area contributed by atoms with E-state index in [9.17, 15) is 39.4 Å². The Morgan fingerprint density at radius 2 is 0.912 bits per heavy atom. The van der Waals surface area contributed by atoms with Gasteiger partial charge in [0.25, 0.3) is 0 Å². The Bertz CT molecular complexity index is 658. The summed E-state index contributed by atoms with van der Waals surface area (Å²) in [5, 5.41) is 37.8. The number of esters is 2. The molecule has 0 aliphatic heterocycles. The average molecular weight is 494 g/mol. The lowest BCUT2D eigenvalue weighted by Crippen LogP contribution is -2.37. The van der Waals surface area contributed by atoms with Crippen LogP contribution in [0.2, 0.25) is 0 Å². The van der Waals surface area contributed by atoms with E-state index < -0.39 is 44.8 Å². The van der Waals surface area contributed by atoms with Gasteiger partial charge in [-0.05, 0) is 25.7 Å². The second kappa shape index (κ2) is 16.3. The fraction of sp³-hybridized carbons (Fsp3) is 0.800. The van der Waals surface area contributed by atoms with Crippen molar-refractivity contribution in [1.82, 2.24) is 0 Å². The lowest BCUT2D eigenvalue weighted by Gasteiger charge is -2.15. The van der Waals surface area contributed by atoms with Crippen LogP contribution in [0.4, 0.5) is 0 Å². The van der Waals surface area contributed by atoms with Crippen LogP contribution in [-0.2, 0) is 28.7 Å². The third kappa shape index (κ3) is 18.3. The van der Waals surface area contributed by atoms with Gasteiger partial charge in [-0.2, -0.15) is 0 Å². The molecule has 0 radical (unpaired) electrons. The Morgan fingerprint density at radius 3 is 1.15 bits per heavy atom. The molecule has 0 aliphatic rings. The molecule has 14 heteroatoms. The maximum atomic E-state index is 11.2. The zero-order valence-electron chi connectivity index (χ0n) is 19.9. The topological polar surface area (TPSA) is 213 Å². The fourth-order valence-electron chi connectivity index (χ4n) is 1.86. The molecule has 0 fully saturated rings.